The molecule has 0 aromatic carbocycles. The maximum Gasteiger partial charge on any atom is 0.0394 e. The van der Waals surface area contributed by atoms with Crippen LogP contribution in [0.5, 0.6) is 0 Å². The molecule has 0 N–H and O–H groups in total. The Kier molecular flexibility index (Phi) is 0.980. The van der Waals surface area contributed by atoms with Gasteiger partial charge in [-0.15, -0.1) is 0 Å². The Balaban J connectivity index is 2.39. The van der Waals surface area contributed by atoms with E-state index in [0.717, 1.165) is 13.1 Å². The van der Waals surface area contributed by atoms with Crippen molar-refractivity contribution < 1.29 is 4.11 Å². The lowest BCUT2D eigenvalue weighted by Gasteiger charge is -2.28. The van der Waals surface area contributed by atoms with E-state index in [1.54, 1.807) is 4.90 Å². The molecule has 0 aromatic rings. The summed E-state index contributed by atoms with van der Waals surface area (Å²) in [6.07, 6.45) is 0. The minimum absolute atomic E-state index is 0.660. The molecular formula is C6H14N2. The first-order valence-corrected chi connectivity index (χ1v) is 2.94. The van der Waals surface area contributed by atoms with Gasteiger partial charge in [-0.25, -0.2) is 0 Å². The second kappa shape index (κ2) is 2.46. The molecule has 2 nitrogen and oxygen atoms in total. The van der Waals surface area contributed by atoms with Crippen molar-refractivity contribution in [1.82, 2.24) is 9.80 Å². The predicted molar refractivity (Wildman–Crippen MR) is 35.0 cm³/mol. The first-order chi connectivity index (χ1) is 5.00. The van der Waals surface area contributed by atoms with Crippen molar-refractivity contribution in [2.24, 2.45) is 0 Å². The summed E-state index contributed by atoms with van der Waals surface area (Å²) in [5.41, 5.74) is 0. The highest BCUT2D eigenvalue weighted by atomic mass is 15.2. The highest BCUT2D eigenvalue weighted by Gasteiger charge is 2.07. The maximum absolute atomic E-state index is 7.13. The van der Waals surface area contributed by atoms with Crippen LogP contribution in [0.15, 0.2) is 0 Å². The van der Waals surface area contributed by atoms with E-state index in [2.05, 4.69) is 4.90 Å². The van der Waals surface area contributed by atoms with Crippen LogP contribution in [0.2, 0.25) is 0 Å². The SMILES string of the molecule is [2H]C([2H])([2H])N1CCN(C)CC1. The van der Waals surface area contributed by atoms with Crippen LogP contribution >= 0.6 is 0 Å². The number of likely N-dealkylation sites (N-methyl/N-ethyl adjacent to an activating group) is 2. The van der Waals surface area contributed by atoms with Crippen molar-refractivity contribution in [1.29, 1.82) is 0 Å². The van der Waals surface area contributed by atoms with Crippen molar-refractivity contribution in [2.75, 3.05) is 40.2 Å². The summed E-state index contributed by atoms with van der Waals surface area (Å²) in [5, 5.41) is 0. The van der Waals surface area contributed by atoms with Crippen LogP contribution in [0.4, 0.5) is 0 Å². The van der Waals surface area contributed by atoms with Gasteiger partial charge in [-0.2, -0.15) is 0 Å². The molecule has 0 aromatic heterocycles. The van der Waals surface area contributed by atoms with E-state index < -0.39 is 6.98 Å². The van der Waals surface area contributed by atoms with Gasteiger partial charge in [0.2, 0.25) is 0 Å². The third kappa shape index (κ3) is 1.46. The third-order valence-corrected chi connectivity index (χ3v) is 1.50. The van der Waals surface area contributed by atoms with Crippen LogP contribution in [0.25, 0.3) is 0 Å². The summed E-state index contributed by atoms with van der Waals surface area (Å²) in [4.78, 5) is 3.69. The number of rotatable bonds is 0. The van der Waals surface area contributed by atoms with Gasteiger partial charge in [-0.1, -0.05) is 0 Å². The van der Waals surface area contributed by atoms with Crippen LogP contribution < -0.4 is 0 Å². The Morgan fingerprint density at radius 2 is 1.62 bits per heavy atom. The molecule has 8 heavy (non-hydrogen) atoms. The van der Waals surface area contributed by atoms with Crippen LogP contribution in [-0.2, 0) is 0 Å². The molecule has 0 saturated carbocycles. The van der Waals surface area contributed by atoms with Crippen LogP contribution in [0.1, 0.15) is 4.11 Å². The third-order valence-electron chi connectivity index (χ3n) is 1.50. The molecule has 1 rings (SSSR count). The molecule has 0 radical (unpaired) electrons. The summed E-state index contributed by atoms with van der Waals surface area (Å²) >= 11 is 0. The molecular weight excluding hydrogens is 100 g/mol. The van der Waals surface area contributed by atoms with Crippen molar-refractivity contribution >= 4 is 0 Å². The summed E-state index contributed by atoms with van der Waals surface area (Å²) in [6, 6.07) is 0. The average Bonchev–Trinajstić information content (AvgIpc) is 1.86. The predicted octanol–water partition coefficient (Wildman–Crippen LogP) is -0.136. The zero-order chi connectivity index (χ0) is 8.48. The van der Waals surface area contributed by atoms with Crippen molar-refractivity contribution in [2.45, 2.75) is 0 Å². The molecule has 0 aliphatic carbocycles. The van der Waals surface area contributed by atoms with Gasteiger partial charge in [-0.3, -0.25) is 0 Å². The Labute approximate surface area is 55.3 Å². The van der Waals surface area contributed by atoms with E-state index in [1.165, 1.54) is 0 Å². The van der Waals surface area contributed by atoms with E-state index in [1.807, 2.05) is 7.05 Å². The fraction of sp³-hybridized carbons (Fsp3) is 1.00. The summed E-state index contributed by atoms with van der Waals surface area (Å²) in [7, 11) is 2.01. The van der Waals surface area contributed by atoms with Crippen molar-refractivity contribution in [3.8, 4) is 0 Å². The molecule has 0 spiro atoms. The molecule has 0 atom stereocenters. The fourth-order valence-electron chi connectivity index (χ4n) is 0.806. The zero-order valence-electron chi connectivity index (χ0n) is 8.22. The molecule has 48 valence electrons. The lowest BCUT2D eigenvalue weighted by atomic mass is 10.4. The molecule has 0 unspecified atom stereocenters. The monoisotopic (exact) mass is 117 g/mol. The first kappa shape index (κ1) is 3.18. The Morgan fingerprint density at radius 3 is 2.12 bits per heavy atom. The Hall–Kier alpha value is -0.0800. The highest BCUT2D eigenvalue weighted by molar-refractivity contribution is 4.64. The highest BCUT2D eigenvalue weighted by Crippen LogP contribution is 1.93. The zero-order valence-corrected chi connectivity index (χ0v) is 5.22. The Morgan fingerprint density at radius 1 is 1.12 bits per heavy atom. The summed E-state index contributed by atoms with van der Waals surface area (Å²) in [6.45, 7) is 1.15. The second-order valence-electron chi connectivity index (χ2n) is 2.29. The van der Waals surface area contributed by atoms with Gasteiger partial charge in [0.05, 0.1) is 0 Å². The van der Waals surface area contributed by atoms with Crippen molar-refractivity contribution in [3.63, 3.8) is 0 Å². The molecule has 1 aliphatic rings. The van der Waals surface area contributed by atoms with Crippen molar-refractivity contribution in [3.05, 3.63) is 0 Å². The van der Waals surface area contributed by atoms with Crippen LogP contribution in [0, 0.1) is 0 Å². The number of hydrogen-bond acceptors (Lipinski definition) is 2. The quantitative estimate of drug-likeness (QED) is 0.436. The summed E-state index contributed by atoms with van der Waals surface area (Å²) < 4.78 is 21.4. The molecule has 0 amide bonds. The van der Waals surface area contributed by atoms with E-state index in [4.69, 9.17) is 4.11 Å². The van der Waals surface area contributed by atoms with Crippen LogP contribution in [0.3, 0.4) is 0 Å². The number of piperazine rings is 1. The van der Waals surface area contributed by atoms with Gasteiger partial charge in [-0.05, 0) is 14.0 Å². The molecule has 1 saturated heterocycles. The lowest BCUT2D eigenvalue weighted by Crippen LogP contribution is -2.42. The van der Waals surface area contributed by atoms with Gasteiger partial charge in [0.15, 0.2) is 0 Å². The number of nitrogens with zero attached hydrogens (tertiary/aromatic N) is 2. The Bertz CT molecular complexity index is 126. The van der Waals surface area contributed by atoms with E-state index in [-0.39, 0.29) is 0 Å². The van der Waals surface area contributed by atoms with Gasteiger partial charge in [0.25, 0.3) is 0 Å². The first-order valence-electron chi connectivity index (χ1n) is 4.44. The fourth-order valence-corrected chi connectivity index (χ4v) is 0.806. The average molecular weight is 117 g/mol. The molecule has 1 heterocycles. The topological polar surface area (TPSA) is 6.48 Å². The van der Waals surface area contributed by atoms with Gasteiger partial charge >= 0.3 is 0 Å². The van der Waals surface area contributed by atoms with Gasteiger partial charge < -0.3 is 9.80 Å². The largest absolute Gasteiger partial charge is 0.304 e. The molecule has 1 fully saturated rings. The van der Waals surface area contributed by atoms with E-state index in [0.29, 0.717) is 13.1 Å². The molecule has 1 aliphatic heterocycles. The van der Waals surface area contributed by atoms with Gasteiger partial charge in [0, 0.05) is 30.3 Å². The summed E-state index contributed by atoms with van der Waals surface area (Å²) in [5.74, 6) is 0. The minimum Gasteiger partial charge on any atom is -0.304 e. The van der Waals surface area contributed by atoms with E-state index >= 15 is 0 Å². The van der Waals surface area contributed by atoms with Gasteiger partial charge in [0.1, 0.15) is 0 Å². The van der Waals surface area contributed by atoms with Crippen LogP contribution in [-0.4, -0.2) is 50.0 Å². The minimum atomic E-state index is -1.89. The molecule has 0 bridgehead atoms. The standard InChI is InChI=1S/C6H14N2/c1-7-3-5-8(2)6-4-7/h3-6H2,1-2H3/i1D3. The molecule has 2 heteroatoms. The maximum atomic E-state index is 7.13. The lowest BCUT2D eigenvalue weighted by molar-refractivity contribution is 0.181. The smallest absolute Gasteiger partial charge is 0.0394 e. The number of hydrogen-bond donors (Lipinski definition) is 0. The normalized spacial score (nSPS) is 33.4. The second-order valence-corrected chi connectivity index (χ2v) is 2.29. The van der Waals surface area contributed by atoms with E-state index in [9.17, 15) is 0 Å².